The van der Waals surface area contributed by atoms with Gasteiger partial charge in [0.1, 0.15) is 0 Å². The van der Waals surface area contributed by atoms with Gasteiger partial charge in [-0.1, -0.05) is 30.4 Å². The van der Waals surface area contributed by atoms with Crippen LogP contribution in [-0.2, 0) is 0 Å². The topological polar surface area (TPSA) is 12.0 Å². The molecule has 0 amide bonds. The molecule has 0 fully saturated rings. The first-order valence-electron chi connectivity index (χ1n) is 3.66. The van der Waals surface area contributed by atoms with Crippen molar-refractivity contribution in [2.75, 3.05) is 0 Å². The third-order valence-corrected chi connectivity index (χ3v) is 2.01. The average Bonchev–Trinajstić information content (AvgIpc) is 2.27. The molecule has 0 aromatic heterocycles. The molecule has 2 atom stereocenters. The first kappa shape index (κ1) is 5.78. The summed E-state index contributed by atoms with van der Waals surface area (Å²) in [4.78, 5) is 0. The largest absolute Gasteiger partial charge is 0.382 e. The van der Waals surface area contributed by atoms with Crippen LogP contribution < -0.4 is 5.32 Å². The summed E-state index contributed by atoms with van der Waals surface area (Å²) in [5.41, 5.74) is 1.30. The number of hydrogen-bond acceptors (Lipinski definition) is 1. The van der Waals surface area contributed by atoms with Gasteiger partial charge in [0.25, 0.3) is 0 Å². The summed E-state index contributed by atoms with van der Waals surface area (Å²) >= 11 is 0. The fourth-order valence-electron chi connectivity index (χ4n) is 1.53. The van der Waals surface area contributed by atoms with Gasteiger partial charge in [-0.15, -0.1) is 0 Å². The molecule has 1 nitrogen and oxygen atoms in total. The van der Waals surface area contributed by atoms with Crippen molar-refractivity contribution in [2.45, 2.75) is 13.0 Å². The van der Waals surface area contributed by atoms with E-state index in [9.17, 15) is 0 Å². The van der Waals surface area contributed by atoms with Crippen molar-refractivity contribution in [1.82, 2.24) is 5.32 Å². The van der Waals surface area contributed by atoms with Gasteiger partial charge >= 0.3 is 0 Å². The average molecular weight is 133 g/mol. The van der Waals surface area contributed by atoms with E-state index in [0.717, 1.165) is 0 Å². The molecule has 2 rings (SSSR count). The van der Waals surface area contributed by atoms with Crippen molar-refractivity contribution in [2.24, 2.45) is 5.92 Å². The minimum absolute atomic E-state index is 0.532. The van der Waals surface area contributed by atoms with Gasteiger partial charge < -0.3 is 5.32 Å². The Bertz CT molecular complexity index is 223. The molecule has 1 aliphatic heterocycles. The Morgan fingerprint density at radius 2 is 2.10 bits per heavy atom. The predicted molar refractivity (Wildman–Crippen MR) is 42.5 cm³/mol. The minimum atomic E-state index is 0.532. The van der Waals surface area contributed by atoms with Crippen LogP contribution in [0.1, 0.15) is 6.92 Å². The van der Waals surface area contributed by atoms with E-state index >= 15 is 0 Å². The van der Waals surface area contributed by atoms with E-state index < -0.39 is 0 Å². The maximum atomic E-state index is 3.38. The van der Waals surface area contributed by atoms with E-state index in [2.05, 4.69) is 42.6 Å². The van der Waals surface area contributed by atoms with Crippen molar-refractivity contribution in [1.29, 1.82) is 0 Å². The molecule has 10 heavy (non-hydrogen) atoms. The predicted octanol–water partition coefficient (Wildman–Crippen LogP) is 1.60. The molecule has 1 heteroatoms. The van der Waals surface area contributed by atoms with Gasteiger partial charge in [0, 0.05) is 11.6 Å². The quantitative estimate of drug-likeness (QED) is 0.529. The first-order chi connectivity index (χ1) is 4.86. The fraction of sp³-hybridized carbons (Fsp3) is 0.333. The number of fused-ring (bicyclic) bond motifs is 1. The van der Waals surface area contributed by atoms with Gasteiger partial charge in [0.2, 0.25) is 0 Å². The van der Waals surface area contributed by atoms with Gasteiger partial charge in [0.05, 0.1) is 6.04 Å². The van der Waals surface area contributed by atoms with Gasteiger partial charge in [0.15, 0.2) is 0 Å². The Hall–Kier alpha value is -0.980. The Labute approximate surface area is 61.1 Å². The van der Waals surface area contributed by atoms with E-state index in [0.29, 0.717) is 12.0 Å². The lowest BCUT2D eigenvalue weighted by atomic mass is 9.98. The highest BCUT2D eigenvalue weighted by Gasteiger charge is 2.21. The van der Waals surface area contributed by atoms with E-state index in [1.54, 1.807) is 0 Å². The second-order valence-corrected chi connectivity index (χ2v) is 2.87. The second kappa shape index (κ2) is 2.01. The van der Waals surface area contributed by atoms with Crippen molar-refractivity contribution in [3.63, 3.8) is 0 Å². The van der Waals surface area contributed by atoms with E-state index in [1.807, 2.05) is 0 Å². The van der Waals surface area contributed by atoms with Crippen molar-refractivity contribution < 1.29 is 0 Å². The lowest BCUT2D eigenvalue weighted by molar-refractivity contribution is 0.638. The zero-order valence-electron chi connectivity index (χ0n) is 6.04. The Balaban J connectivity index is 2.24. The van der Waals surface area contributed by atoms with E-state index in [-0.39, 0.29) is 0 Å². The Kier molecular flexibility index (Phi) is 1.16. The highest BCUT2D eigenvalue weighted by Crippen LogP contribution is 2.21. The smallest absolute Gasteiger partial charge is 0.0542 e. The molecule has 52 valence electrons. The molecule has 0 aromatic carbocycles. The molecule has 2 unspecified atom stereocenters. The monoisotopic (exact) mass is 133 g/mol. The molecule has 0 bridgehead atoms. The Morgan fingerprint density at radius 1 is 1.30 bits per heavy atom. The summed E-state index contributed by atoms with van der Waals surface area (Å²) in [6.07, 6.45) is 10.9. The number of rotatable bonds is 0. The van der Waals surface area contributed by atoms with Crippen LogP contribution in [0.2, 0.25) is 0 Å². The standard InChI is InChI=1S/C9H11N/c1-7-6-8-4-2-3-5-9(8)10-7/h2-6,8-10H,1H3. The second-order valence-electron chi connectivity index (χ2n) is 2.87. The molecular formula is C9H11N. The summed E-state index contributed by atoms with van der Waals surface area (Å²) in [5.74, 6) is 0.602. The van der Waals surface area contributed by atoms with Crippen LogP contribution in [0.4, 0.5) is 0 Å². The minimum Gasteiger partial charge on any atom is -0.382 e. The molecule has 1 N–H and O–H groups in total. The summed E-state index contributed by atoms with van der Waals surface area (Å²) in [5, 5.41) is 3.38. The highest BCUT2D eigenvalue weighted by atomic mass is 14.9. The number of nitrogens with one attached hydrogen (secondary N) is 1. The zero-order valence-corrected chi connectivity index (χ0v) is 6.04. The molecule has 1 heterocycles. The van der Waals surface area contributed by atoms with Crippen LogP contribution >= 0.6 is 0 Å². The van der Waals surface area contributed by atoms with Crippen molar-refractivity contribution in [3.8, 4) is 0 Å². The molecular weight excluding hydrogens is 122 g/mol. The molecule has 2 aliphatic rings. The van der Waals surface area contributed by atoms with Gasteiger partial charge in [-0.05, 0) is 6.92 Å². The molecule has 0 aromatic rings. The van der Waals surface area contributed by atoms with Gasteiger partial charge in [-0.3, -0.25) is 0 Å². The Morgan fingerprint density at radius 3 is 2.90 bits per heavy atom. The van der Waals surface area contributed by atoms with Crippen molar-refractivity contribution >= 4 is 0 Å². The van der Waals surface area contributed by atoms with E-state index in [4.69, 9.17) is 0 Å². The van der Waals surface area contributed by atoms with Crippen LogP contribution in [0.3, 0.4) is 0 Å². The van der Waals surface area contributed by atoms with Crippen LogP contribution in [0, 0.1) is 5.92 Å². The third-order valence-electron chi connectivity index (χ3n) is 2.01. The molecule has 0 saturated carbocycles. The SMILES string of the molecule is CC1=CC2C=CC=CC2N1. The fourth-order valence-corrected chi connectivity index (χ4v) is 1.53. The highest BCUT2D eigenvalue weighted by molar-refractivity contribution is 5.28. The van der Waals surface area contributed by atoms with Crippen molar-refractivity contribution in [3.05, 3.63) is 36.1 Å². The molecule has 1 aliphatic carbocycles. The summed E-state index contributed by atoms with van der Waals surface area (Å²) in [6, 6.07) is 0.532. The van der Waals surface area contributed by atoms with E-state index in [1.165, 1.54) is 5.70 Å². The molecule has 0 saturated heterocycles. The number of allylic oxidation sites excluding steroid dienone is 3. The van der Waals surface area contributed by atoms with Crippen LogP contribution in [-0.4, -0.2) is 6.04 Å². The lowest BCUT2D eigenvalue weighted by Gasteiger charge is -2.15. The first-order valence-corrected chi connectivity index (χ1v) is 3.66. The summed E-state index contributed by atoms with van der Waals surface area (Å²) in [7, 11) is 0. The third kappa shape index (κ3) is 0.783. The van der Waals surface area contributed by atoms with Crippen LogP contribution in [0.25, 0.3) is 0 Å². The van der Waals surface area contributed by atoms with Gasteiger partial charge in [-0.2, -0.15) is 0 Å². The normalized spacial score (nSPS) is 35.1. The van der Waals surface area contributed by atoms with Gasteiger partial charge in [-0.25, -0.2) is 0 Å². The van der Waals surface area contributed by atoms with Crippen LogP contribution in [0.15, 0.2) is 36.1 Å². The maximum Gasteiger partial charge on any atom is 0.0542 e. The summed E-state index contributed by atoms with van der Waals surface area (Å²) in [6.45, 7) is 2.11. The maximum absolute atomic E-state index is 3.38. The molecule has 0 radical (unpaired) electrons. The number of hydrogen-bond donors (Lipinski definition) is 1. The molecule has 0 spiro atoms. The zero-order chi connectivity index (χ0) is 6.97. The van der Waals surface area contributed by atoms with Crippen LogP contribution in [0.5, 0.6) is 0 Å². The lowest BCUT2D eigenvalue weighted by Crippen LogP contribution is -2.25. The summed E-state index contributed by atoms with van der Waals surface area (Å²) < 4.78 is 0.